The average molecular weight is 493 g/mol. The van der Waals surface area contributed by atoms with Crippen molar-refractivity contribution < 1.29 is 19.7 Å². The van der Waals surface area contributed by atoms with Crippen molar-refractivity contribution in [2.45, 2.75) is 137 Å². The van der Waals surface area contributed by atoms with Crippen molar-refractivity contribution in [2.24, 2.45) is 45.3 Å². The maximum Gasteiger partial charge on any atom is 0.0622 e. The third-order valence-electron chi connectivity index (χ3n) is 13.0. The van der Waals surface area contributed by atoms with Crippen LogP contribution in [0, 0.1) is 45.3 Å². The molecule has 10 unspecified atom stereocenters. The molecule has 35 heavy (non-hydrogen) atoms. The van der Waals surface area contributed by atoms with Crippen LogP contribution in [0.25, 0.3) is 0 Å². The van der Waals surface area contributed by atoms with Crippen molar-refractivity contribution in [3.63, 3.8) is 0 Å². The lowest BCUT2D eigenvalue weighted by atomic mass is 9.35. The first-order valence-corrected chi connectivity index (χ1v) is 14.6. The molecule has 4 rings (SSSR count). The van der Waals surface area contributed by atoms with Gasteiger partial charge in [-0.15, -0.1) is 0 Å². The minimum atomic E-state index is -0.260. The average Bonchev–Trinajstić information content (AvgIpc) is 3.15. The Labute approximate surface area is 215 Å². The van der Waals surface area contributed by atoms with Crippen molar-refractivity contribution in [2.75, 3.05) is 14.2 Å². The van der Waals surface area contributed by atoms with E-state index in [1.165, 1.54) is 19.3 Å². The highest BCUT2D eigenvalue weighted by molar-refractivity contribution is 5.19. The Morgan fingerprint density at radius 1 is 0.886 bits per heavy atom. The van der Waals surface area contributed by atoms with E-state index < -0.39 is 0 Å². The van der Waals surface area contributed by atoms with Gasteiger partial charge in [-0.1, -0.05) is 34.6 Å². The van der Waals surface area contributed by atoms with E-state index in [2.05, 4.69) is 48.5 Å². The minimum Gasteiger partial charge on any atom is -0.393 e. The van der Waals surface area contributed by atoms with Crippen LogP contribution in [0.1, 0.15) is 113 Å². The van der Waals surface area contributed by atoms with Crippen molar-refractivity contribution in [1.82, 2.24) is 0 Å². The Morgan fingerprint density at radius 3 is 2.17 bits per heavy atom. The van der Waals surface area contributed by atoms with E-state index >= 15 is 0 Å². The summed E-state index contributed by atoms with van der Waals surface area (Å²) in [6, 6.07) is 0. The standard InChI is InChI=1S/C31H56O4/c1-27(2,35-9)15-10-11-22(34-8)20-12-17-31(7)26(20)21(32)19-24-29(5)16-14-25(33)28(3,4)23(29)13-18-30(24,31)6/h20-26,32-33H,10-19H2,1-9H3. The lowest BCUT2D eigenvalue weighted by molar-refractivity contribution is -0.244. The zero-order valence-corrected chi connectivity index (χ0v) is 24.3. The van der Waals surface area contributed by atoms with E-state index in [1.807, 2.05) is 7.11 Å². The predicted molar refractivity (Wildman–Crippen MR) is 142 cm³/mol. The van der Waals surface area contributed by atoms with Gasteiger partial charge in [0.05, 0.1) is 23.9 Å². The monoisotopic (exact) mass is 492 g/mol. The van der Waals surface area contributed by atoms with Crippen LogP contribution in [-0.4, -0.2) is 48.3 Å². The first kappa shape index (κ1) is 27.9. The predicted octanol–water partition coefficient (Wildman–Crippen LogP) is 6.61. The molecule has 0 aromatic carbocycles. The molecule has 0 radical (unpaired) electrons. The molecule has 0 heterocycles. The number of hydrogen-bond donors (Lipinski definition) is 2. The van der Waals surface area contributed by atoms with Gasteiger partial charge in [0, 0.05) is 14.2 Å². The van der Waals surface area contributed by atoms with Crippen LogP contribution in [0.15, 0.2) is 0 Å². The Morgan fingerprint density at radius 2 is 1.54 bits per heavy atom. The fourth-order valence-electron chi connectivity index (χ4n) is 10.6. The fourth-order valence-corrected chi connectivity index (χ4v) is 10.6. The van der Waals surface area contributed by atoms with E-state index in [4.69, 9.17) is 9.47 Å². The van der Waals surface area contributed by atoms with E-state index in [9.17, 15) is 10.2 Å². The highest BCUT2D eigenvalue weighted by atomic mass is 16.5. The molecule has 0 saturated heterocycles. The molecular weight excluding hydrogens is 436 g/mol. The van der Waals surface area contributed by atoms with E-state index in [-0.39, 0.29) is 45.6 Å². The molecule has 2 N–H and O–H groups in total. The summed E-state index contributed by atoms with van der Waals surface area (Å²) in [5.74, 6) is 1.78. The normalized spacial score (nSPS) is 48.1. The number of rotatable bonds is 7. The number of fused-ring (bicyclic) bond motifs is 5. The largest absolute Gasteiger partial charge is 0.393 e. The molecule has 4 aliphatic rings. The Balaban J connectivity index is 1.59. The van der Waals surface area contributed by atoms with Gasteiger partial charge < -0.3 is 19.7 Å². The quantitative estimate of drug-likeness (QED) is 0.420. The lowest BCUT2D eigenvalue weighted by Crippen LogP contribution is -2.66. The molecule has 204 valence electrons. The van der Waals surface area contributed by atoms with Gasteiger partial charge in [-0.2, -0.15) is 0 Å². The van der Waals surface area contributed by atoms with Crippen molar-refractivity contribution in [1.29, 1.82) is 0 Å². The molecule has 0 aromatic rings. The van der Waals surface area contributed by atoms with Gasteiger partial charge in [-0.05, 0) is 123 Å². The van der Waals surface area contributed by atoms with Crippen LogP contribution in [-0.2, 0) is 9.47 Å². The van der Waals surface area contributed by atoms with Gasteiger partial charge in [0.25, 0.3) is 0 Å². The molecule has 0 aliphatic heterocycles. The topological polar surface area (TPSA) is 58.9 Å². The Hall–Kier alpha value is -0.160. The molecule has 4 aliphatic carbocycles. The minimum absolute atomic E-state index is 0.0492. The van der Waals surface area contributed by atoms with Crippen LogP contribution < -0.4 is 0 Å². The van der Waals surface area contributed by atoms with Crippen LogP contribution >= 0.6 is 0 Å². The number of aliphatic hydroxyl groups excluding tert-OH is 2. The van der Waals surface area contributed by atoms with E-state index in [0.29, 0.717) is 23.7 Å². The third-order valence-corrected chi connectivity index (χ3v) is 13.0. The second kappa shape index (κ2) is 9.24. The molecular formula is C31H56O4. The van der Waals surface area contributed by atoms with Crippen molar-refractivity contribution >= 4 is 0 Å². The van der Waals surface area contributed by atoms with Gasteiger partial charge in [0.15, 0.2) is 0 Å². The van der Waals surface area contributed by atoms with Gasteiger partial charge in [0.1, 0.15) is 0 Å². The summed E-state index contributed by atoms with van der Waals surface area (Å²) in [5.41, 5.74) is 0.410. The highest BCUT2D eigenvalue weighted by Gasteiger charge is 2.70. The van der Waals surface area contributed by atoms with E-state index in [1.54, 1.807) is 7.11 Å². The fraction of sp³-hybridized carbons (Fsp3) is 1.00. The van der Waals surface area contributed by atoms with Gasteiger partial charge in [0.2, 0.25) is 0 Å². The molecule has 0 bridgehead atoms. The number of methoxy groups -OCH3 is 2. The molecule has 10 atom stereocenters. The lowest BCUT2D eigenvalue weighted by Gasteiger charge is -2.70. The number of hydrogen-bond acceptors (Lipinski definition) is 4. The summed E-state index contributed by atoms with van der Waals surface area (Å²) < 4.78 is 11.8. The smallest absolute Gasteiger partial charge is 0.0622 e. The summed E-state index contributed by atoms with van der Waals surface area (Å²) in [6.45, 7) is 16.6. The van der Waals surface area contributed by atoms with Crippen LogP contribution in [0.5, 0.6) is 0 Å². The SMILES string of the molecule is COC(CCCC(C)(C)OC)C1CCC2(C)C1C(O)CC1C3(C)CCC(O)C(C)(C)C3CCC12C. The molecule has 4 saturated carbocycles. The summed E-state index contributed by atoms with van der Waals surface area (Å²) >= 11 is 0. The van der Waals surface area contributed by atoms with E-state index in [0.717, 1.165) is 44.9 Å². The molecule has 0 amide bonds. The summed E-state index contributed by atoms with van der Waals surface area (Å²) in [6.07, 6.45) is 10.6. The van der Waals surface area contributed by atoms with Gasteiger partial charge in [-0.3, -0.25) is 0 Å². The second-order valence-electron chi connectivity index (χ2n) is 15.0. The first-order chi connectivity index (χ1) is 16.2. The maximum absolute atomic E-state index is 11.9. The highest BCUT2D eigenvalue weighted by Crippen LogP contribution is 2.75. The van der Waals surface area contributed by atoms with Crippen LogP contribution in [0.3, 0.4) is 0 Å². The van der Waals surface area contributed by atoms with Gasteiger partial charge >= 0.3 is 0 Å². The van der Waals surface area contributed by atoms with Crippen molar-refractivity contribution in [3.05, 3.63) is 0 Å². The Kier molecular flexibility index (Phi) is 7.36. The second-order valence-corrected chi connectivity index (χ2v) is 15.0. The molecule has 4 heteroatoms. The third kappa shape index (κ3) is 4.16. The maximum atomic E-state index is 11.9. The van der Waals surface area contributed by atoms with Crippen molar-refractivity contribution in [3.8, 4) is 0 Å². The van der Waals surface area contributed by atoms with Gasteiger partial charge in [-0.25, -0.2) is 0 Å². The zero-order chi connectivity index (χ0) is 26.0. The summed E-state index contributed by atoms with van der Waals surface area (Å²) in [5, 5.41) is 22.8. The number of aliphatic hydroxyl groups is 2. The molecule has 4 fully saturated rings. The van der Waals surface area contributed by atoms with Crippen LogP contribution in [0.2, 0.25) is 0 Å². The first-order valence-electron chi connectivity index (χ1n) is 14.6. The number of ether oxygens (including phenoxy) is 2. The molecule has 4 nitrogen and oxygen atoms in total. The summed E-state index contributed by atoms with van der Waals surface area (Å²) in [7, 11) is 3.68. The zero-order valence-electron chi connectivity index (χ0n) is 24.3. The summed E-state index contributed by atoms with van der Waals surface area (Å²) in [4.78, 5) is 0. The molecule has 0 spiro atoms. The molecule has 0 aromatic heterocycles. The Bertz CT molecular complexity index is 763. The van der Waals surface area contributed by atoms with Crippen LogP contribution in [0.4, 0.5) is 0 Å².